The Balaban J connectivity index is 2.42. The van der Waals surface area contributed by atoms with E-state index in [-0.39, 0.29) is 17.8 Å². The van der Waals surface area contributed by atoms with E-state index in [1.807, 2.05) is 0 Å². The van der Waals surface area contributed by atoms with Crippen LogP contribution in [0.3, 0.4) is 0 Å². The van der Waals surface area contributed by atoms with Gasteiger partial charge in [-0.25, -0.2) is 4.39 Å². The zero-order valence-electron chi connectivity index (χ0n) is 10.4. The largest absolute Gasteiger partial charge is 0.492 e. The fourth-order valence-electron chi connectivity index (χ4n) is 1.41. The van der Waals surface area contributed by atoms with Crippen LogP contribution in [-0.2, 0) is 4.74 Å². The third kappa shape index (κ3) is 5.04. The summed E-state index contributed by atoms with van der Waals surface area (Å²) < 4.78 is 23.6. The Morgan fingerprint density at radius 1 is 1.22 bits per heavy atom. The lowest BCUT2D eigenvalue weighted by atomic mass is 9.79. The standard InChI is InChI=1S/C12H18BFO4/c1-2-3-6-17-7-8-18-12-5-4-10(14)9-11(12)13(15)16/h4-5,9,15-16H,2-3,6-8H2,1H3. The lowest BCUT2D eigenvalue weighted by Crippen LogP contribution is -2.32. The maximum Gasteiger partial charge on any atom is 0.492 e. The van der Waals surface area contributed by atoms with Gasteiger partial charge in [0.05, 0.1) is 6.61 Å². The molecule has 0 spiro atoms. The Hall–Kier alpha value is -1.11. The minimum Gasteiger partial charge on any atom is -0.492 e. The molecule has 6 heteroatoms. The number of halogens is 1. The minimum absolute atomic E-state index is 0.0172. The number of unbranched alkanes of at least 4 members (excludes halogenated alkanes) is 1. The van der Waals surface area contributed by atoms with Gasteiger partial charge >= 0.3 is 7.12 Å². The molecule has 18 heavy (non-hydrogen) atoms. The molecular weight excluding hydrogens is 238 g/mol. The smallest absolute Gasteiger partial charge is 0.492 e. The molecule has 0 aromatic heterocycles. The summed E-state index contributed by atoms with van der Waals surface area (Å²) in [6.07, 6.45) is 2.07. The molecule has 1 rings (SSSR count). The molecule has 0 aliphatic carbocycles. The molecule has 0 bridgehead atoms. The molecule has 0 amide bonds. The Morgan fingerprint density at radius 2 is 2.00 bits per heavy atom. The SMILES string of the molecule is CCCCOCCOc1ccc(F)cc1B(O)O. The van der Waals surface area contributed by atoms with E-state index in [2.05, 4.69) is 6.92 Å². The molecular formula is C12H18BFO4. The van der Waals surface area contributed by atoms with Crippen molar-refractivity contribution in [2.24, 2.45) is 0 Å². The first-order valence-corrected chi connectivity index (χ1v) is 6.01. The fourth-order valence-corrected chi connectivity index (χ4v) is 1.41. The molecule has 0 unspecified atom stereocenters. The molecule has 0 heterocycles. The average Bonchev–Trinajstić information content (AvgIpc) is 2.35. The number of ether oxygens (including phenoxy) is 2. The lowest BCUT2D eigenvalue weighted by molar-refractivity contribution is 0.0983. The Morgan fingerprint density at radius 3 is 2.67 bits per heavy atom. The van der Waals surface area contributed by atoms with Crippen molar-refractivity contribution in [1.29, 1.82) is 0 Å². The predicted octanol–water partition coefficient (Wildman–Crippen LogP) is 0.701. The summed E-state index contributed by atoms with van der Waals surface area (Å²) >= 11 is 0. The van der Waals surface area contributed by atoms with Crippen LogP contribution >= 0.6 is 0 Å². The van der Waals surface area contributed by atoms with Gasteiger partial charge < -0.3 is 19.5 Å². The summed E-state index contributed by atoms with van der Waals surface area (Å²) in [6.45, 7) is 3.46. The lowest BCUT2D eigenvalue weighted by Gasteiger charge is -2.11. The van der Waals surface area contributed by atoms with E-state index >= 15 is 0 Å². The van der Waals surface area contributed by atoms with Crippen LogP contribution in [0, 0.1) is 5.82 Å². The molecule has 0 aliphatic heterocycles. The van der Waals surface area contributed by atoms with Gasteiger partial charge in [0, 0.05) is 12.1 Å². The number of rotatable bonds is 8. The van der Waals surface area contributed by atoms with Crippen molar-refractivity contribution in [3.63, 3.8) is 0 Å². The van der Waals surface area contributed by atoms with Gasteiger partial charge in [-0.1, -0.05) is 13.3 Å². The molecule has 0 saturated carbocycles. The van der Waals surface area contributed by atoms with Crippen molar-refractivity contribution < 1.29 is 23.9 Å². The first-order valence-electron chi connectivity index (χ1n) is 6.01. The van der Waals surface area contributed by atoms with Gasteiger partial charge in [0.2, 0.25) is 0 Å². The minimum atomic E-state index is -1.75. The molecule has 0 atom stereocenters. The van der Waals surface area contributed by atoms with Crippen LogP contribution in [-0.4, -0.2) is 37.0 Å². The molecule has 2 N–H and O–H groups in total. The molecule has 0 fully saturated rings. The first kappa shape index (κ1) is 15.0. The second-order valence-corrected chi connectivity index (χ2v) is 3.87. The molecule has 0 aliphatic rings. The Kier molecular flexibility index (Phi) is 6.71. The van der Waals surface area contributed by atoms with Gasteiger partial charge in [0.25, 0.3) is 0 Å². The fraction of sp³-hybridized carbons (Fsp3) is 0.500. The highest BCUT2D eigenvalue weighted by molar-refractivity contribution is 6.59. The van der Waals surface area contributed by atoms with E-state index in [9.17, 15) is 4.39 Å². The summed E-state index contributed by atoms with van der Waals surface area (Å²) in [6, 6.07) is 3.62. The van der Waals surface area contributed by atoms with Gasteiger partial charge in [-0.05, 0) is 24.6 Å². The average molecular weight is 256 g/mol. The topological polar surface area (TPSA) is 58.9 Å². The quantitative estimate of drug-likeness (QED) is 0.531. The van der Waals surface area contributed by atoms with Crippen molar-refractivity contribution in [1.82, 2.24) is 0 Å². The van der Waals surface area contributed by atoms with E-state index < -0.39 is 12.9 Å². The zero-order valence-corrected chi connectivity index (χ0v) is 10.4. The van der Waals surface area contributed by atoms with Crippen molar-refractivity contribution in [3.05, 3.63) is 24.0 Å². The van der Waals surface area contributed by atoms with Crippen LogP contribution in [0.1, 0.15) is 19.8 Å². The van der Waals surface area contributed by atoms with Crippen LogP contribution in [0.5, 0.6) is 5.75 Å². The van der Waals surface area contributed by atoms with Crippen LogP contribution in [0.4, 0.5) is 4.39 Å². The molecule has 100 valence electrons. The van der Waals surface area contributed by atoms with E-state index in [0.717, 1.165) is 18.9 Å². The van der Waals surface area contributed by atoms with E-state index in [1.165, 1.54) is 12.1 Å². The summed E-state index contributed by atoms with van der Waals surface area (Å²) in [4.78, 5) is 0. The molecule has 1 aromatic rings. The third-order valence-electron chi connectivity index (χ3n) is 2.38. The van der Waals surface area contributed by atoms with Crippen molar-refractivity contribution in [2.45, 2.75) is 19.8 Å². The number of hydrogen-bond donors (Lipinski definition) is 2. The maximum atomic E-state index is 12.9. The zero-order chi connectivity index (χ0) is 13.4. The Labute approximate surface area is 106 Å². The highest BCUT2D eigenvalue weighted by Gasteiger charge is 2.17. The van der Waals surface area contributed by atoms with Gasteiger partial charge in [-0.15, -0.1) is 0 Å². The summed E-state index contributed by atoms with van der Waals surface area (Å²) in [5.74, 6) is -0.282. The molecule has 4 nitrogen and oxygen atoms in total. The monoisotopic (exact) mass is 256 g/mol. The van der Waals surface area contributed by atoms with Gasteiger partial charge in [0.1, 0.15) is 18.2 Å². The first-order chi connectivity index (χ1) is 8.65. The van der Waals surface area contributed by atoms with E-state index in [0.29, 0.717) is 13.2 Å². The molecule has 0 radical (unpaired) electrons. The van der Waals surface area contributed by atoms with Gasteiger partial charge in [-0.3, -0.25) is 0 Å². The highest BCUT2D eigenvalue weighted by atomic mass is 19.1. The normalized spacial score (nSPS) is 10.4. The van der Waals surface area contributed by atoms with E-state index in [1.54, 1.807) is 0 Å². The predicted molar refractivity (Wildman–Crippen MR) is 67.4 cm³/mol. The second kappa shape index (κ2) is 8.08. The molecule has 0 saturated heterocycles. The van der Waals surface area contributed by atoms with Crippen LogP contribution in [0.25, 0.3) is 0 Å². The van der Waals surface area contributed by atoms with Gasteiger partial charge in [0.15, 0.2) is 0 Å². The van der Waals surface area contributed by atoms with Crippen molar-refractivity contribution in [3.8, 4) is 5.75 Å². The number of benzene rings is 1. The summed E-state index contributed by atoms with van der Waals surface area (Å²) in [5.41, 5.74) is 0.0172. The molecule has 1 aromatic carbocycles. The van der Waals surface area contributed by atoms with Gasteiger partial charge in [-0.2, -0.15) is 0 Å². The Bertz CT molecular complexity index is 360. The highest BCUT2D eigenvalue weighted by Crippen LogP contribution is 2.09. The summed E-state index contributed by atoms with van der Waals surface area (Å²) in [5, 5.41) is 18.2. The van der Waals surface area contributed by atoms with Crippen LogP contribution < -0.4 is 10.2 Å². The second-order valence-electron chi connectivity index (χ2n) is 3.87. The van der Waals surface area contributed by atoms with Crippen LogP contribution in [0.15, 0.2) is 18.2 Å². The van der Waals surface area contributed by atoms with E-state index in [4.69, 9.17) is 19.5 Å². The van der Waals surface area contributed by atoms with Crippen LogP contribution in [0.2, 0.25) is 0 Å². The summed E-state index contributed by atoms with van der Waals surface area (Å²) in [7, 11) is -1.75. The third-order valence-corrected chi connectivity index (χ3v) is 2.38. The number of hydrogen-bond acceptors (Lipinski definition) is 4. The maximum absolute atomic E-state index is 12.9. The van der Waals surface area contributed by atoms with Crippen molar-refractivity contribution in [2.75, 3.05) is 19.8 Å². The van der Waals surface area contributed by atoms with Crippen molar-refractivity contribution >= 4 is 12.6 Å².